The highest BCUT2D eigenvalue weighted by Crippen LogP contribution is 2.24. The largest absolute Gasteiger partial charge is 0.478 e. The number of unbranched alkanes of at least 4 members (excludes halogenated alkanes) is 8. The van der Waals surface area contributed by atoms with Crippen molar-refractivity contribution in [1.29, 1.82) is 0 Å². The molecule has 146 valence electrons. The summed E-state index contributed by atoms with van der Waals surface area (Å²) in [6.45, 7) is 4.31. The highest BCUT2D eigenvalue weighted by atomic mass is 16.4. The third-order valence-corrected chi connectivity index (χ3v) is 4.93. The molecule has 0 heterocycles. The molecule has 1 aromatic carbocycles. The second-order valence-electron chi connectivity index (χ2n) is 7.06. The lowest BCUT2D eigenvalue weighted by Crippen LogP contribution is -2.14. The number of hydrogen-bond donors (Lipinski definition) is 2. The molecule has 0 aliphatic carbocycles. The van der Waals surface area contributed by atoms with Gasteiger partial charge in [-0.1, -0.05) is 71.3 Å². The third-order valence-electron chi connectivity index (χ3n) is 4.93. The van der Waals surface area contributed by atoms with Crippen LogP contribution in [0.25, 0.3) is 0 Å². The molecule has 1 rings (SSSR count). The van der Waals surface area contributed by atoms with Crippen molar-refractivity contribution in [3.05, 3.63) is 34.4 Å². The molecule has 0 radical (unpaired) electrons. The van der Waals surface area contributed by atoms with E-state index in [1.165, 1.54) is 38.2 Å². The summed E-state index contributed by atoms with van der Waals surface area (Å²) in [7, 11) is 0. The zero-order valence-corrected chi connectivity index (χ0v) is 16.4. The van der Waals surface area contributed by atoms with E-state index in [1.54, 1.807) is 0 Å². The Bertz CT molecular complexity index is 578. The number of carboxylic acid groups (broad SMARTS) is 2. The summed E-state index contributed by atoms with van der Waals surface area (Å²) in [5.74, 6) is -2.29. The molecular formula is C22H34O4. The lowest BCUT2D eigenvalue weighted by Gasteiger charge is -2.15. The van der Waals surface area contributed by atoms with Gasteiger partial charge in [0.2, 0.25) is 0 Å². The van der Waals surface area contributed by atoms with Crippen LogP contribution >= 0.6 is 0 Å². The van der Waals surface area contributed by atoms with Crippen molar-refractivity contribution in [2.24, 2.45) is 0 Å². The van der Waals surface area contributed by atoms with Gasteiger partial charge in [-0.2, -0.15) is 0 Å². The molecule has 0 aromatic heterocycles. The number of aromatic carboxylic acids is 2. The average Bonchev–Trinajstić information content (AvgIpc) is 2.61. The van der Waals surface area contributed by atoms with Crippen LogP contribution in [0.1, 0.15) is 110 Å². The minimum atomic E-state index is -1.17. The standard InChI is InChI=1S/C22H34O4/c1-3-5-7-8-9-10-11-12-14-18-17(13-6-4-2)15-16-19(21(23)24)20(18)22(25)26/h15-16H,3-14H2,1-2H3,(H,23,24)(H,25,26). The average molecular weight is 363 g/mol. The molecule has 0 aliphatic heterocycles. The van der Waals surface area contributed by atoms with E-state index < -0.39 is 11.9 Å². The highest BCUT2D eigenvalue weighted by molar-refractivity contribution is 6.03. The van der Waals surface area contributed by atoms with Gasteiger partial charge in [-0.05, 0) is 42.9 Å². The molecule has 2 N–H and O–H groups in total. The minimum Gasteiger partial charge on any atom is -0.478 e. The van der Waals surface area contributed by atoms with Crippen molar-refractivity contribution in [3.63, 3.8) is 0 Å². The maximum Gasteiger partial charge on any atom is 0.336 e. The van der Waals surface area contributed by atoms with Crippen LogP contribution in [0.15, 0.2) is 12.1 Å². The molecule has 26 heavy (non-hydrogen) atoms. The summed E-state index contributed by atoms with van der Waals surface area (Å²) < 4.78 is 0. The lowest BCUT2D eigenvalue weighted by atomic mass is 9.89. The van der Waals surface area contributed by atoms with E-state index in [4.69, 9.17) is 0 Å². The molecule has 1 aromatic rings. The van der Waals surface area contributed by atoms with Gasteiger partial charge < -0.3 is 10.2 Å². The van der Waals surface area contributed by atoms with E-state index in [0.717, 1.165) is 49.7 Å². The van der Waals surface area contributed by atoms with Crippen LogP contribution in [0.5, 0.6) is 0 Å². The van der Waals surface area contributed by atoms with E-state index in [2.05, 4.69) is 13.8 Å². The zero-order chi connectivity index (χ0) is 19.4. The molecule has 0 unspecified atom stereocenters. The number of aryl methyl sites for hydroxylation is 1. The van der Waals surface area contributed by atoms with Gasteiger partial charge in [-0.15, -0.1) is 0 Å². The fourth-order valence-corrected chi connectivity index (χ4v) is 3.44. The molecule has 0 bridgehead atoms. The predicted molar refractivity (Wildman–Crippen MR) is 105 cm³/mol. The van der Waals surface area contributed by atoms with Gasteiger partial charge in [0, 0.05) is 0 Å². The maximum atomic E-state index is 11.7. The molecule has 0 amide bonds. The zero-order valence-electron chi connectivity index (χ0n) is 16.4. The quantitative estimate of drug-likeness (QED) is 0.392. The Hall–Kier alpha value is -1.84. The smallest absolute Gasteiger partial charge is 0.336 e. The molecule has 4 nitrogen and oxygen atoms in total. The first-order valence-electron chi connectivity index (χ1n) is 10.1. The monoisotopic (exact) mass is 362 g/mol. The first-order valence-corrected chi connectivity index (χ1v) is 10.1. The van der Waals surface area contributed by atoms with E-state index >= 15 is 0 Å². The number of rotatable bonds is 14. The van der Waals surface area contributed by atoms with Crippen molar-refractivity contribution < 1.29 is 19.8 Å². The van der Waals surface area contributed by atoms with Crippen molar-refractivity contribution >= 4 is 11.9 Å². The van der Waals surface area contributed by atoms with Gasteiger partial charge >= 0.3 is 11.9 Å². The topological polar surface area (TPSA) is 74.6 Å². The minimum absolute atomic E-state index is 0.00551. The Morgan fingerprint density at radius 3 is 1.85 bits per heavy atom. The molecular weight excluding hydrogens is 328 g/mol. The number of carbonyl (C=O) groups is 2. The van der Waals surface area contributed by atoms with Crippen LogP contribution in [0.3, 0.4) is 0 Å². The van der Waals surface area contributed by atoms with E-state index in [0.29, 0.717) is 6.42 Å². The van der Waals surface area contributed by atoms with Crippen LogP contribution < -0.4 is 0 Å². The van der Waals surface area contributed by atoms with Gasteiger partial charge in [0.05, 0.1) is 11.1 Å². The lowest BCUT2D eigenvalue weighted by molar-refractivity contribution is 0.0650. The molecule has 0 saturated heterocycles. The summed E-state index contributed by atoms with van der Waals surface area (Å²) in [6.07, 6.45) is 12.9. The fourth-order valence-electron chi connectivity index (χ4n) is 3.44. The van der Waals surface area contributed by atoms with Gasteiger partial charge in [-0.25, -0.2) is 9.59 Å². The van der Waals surface area contributed by atoms with Gasteiger partial charge in [0.15, 0.2) is 0 Å². The molecule has 0 saturated carbocycles. The second kappa shape index (κ2) is 12.5. The summed E-state index contributed by atoms with van der Waals surface area (Å²) in [6, 6.07) is 3.26. The Morgan fingerprint density at radius 1 is 0.731 bits per heavy atom. The molecule has 0 spiro atoms. The van der Waals surface area contributed by atoms with Gasteiger partial charge in [-0.3, -0.25) is 0 Å². The van der Waals surface area contributed by atoms with Crippen molar-refractivity contribution in [2.75, 3.05) is 0 Å². The SMILES string of the molecule is CCCCCCCCCCc1c(CCCC)ccc(C(=O)O)c1C(=O)O. The van der Waals surface area contributed by atoms with Crippen LogP contribution in [0.4, 0.5) is 0 Å². The van der Waals surface area contributed by atoms with Gasteiger partial charge in [0.1, 0.15) is 0 Å². The molecule has 0 atom stereocenters. The number of hydrogen-bond acceptors (Lipinski definition) is 2. The predicted octanol–water partition coefficient (Wildman–Crippen LogP) is 6.11. The molecule has 0 fully saturated rings. The van der Waals surface area contributed by atoms with E-state index in [9.17, 15) is 19.8 Å². The van der Waals surface area contributed by atoms with Crippen LogP contribution in [0.2, 0.25) is 0 Å². The third kappa shape index (κ3) is 7.19. The van der Waals surface area contributed by atoms with E-state index in [-0.39, 0.29) is 11.1 Å². The second-order valence-corrected chi connectivity index (χ2v) is 7.06. The summed E-state index contributed by atoms with van der Waals surface area (Å²) in [4.78, 5) is 23.2. The summed E-state index contributed by atoms with van der Waals surface area (Å²) in [5.41, 5.74) is 1.63. The highest BCUT2D eigenvalue weighted by Gasteiger charge is 2.22. The maximum absolute atomic E-state index is 11.7. The van der Waals surface area contributed by atoms with Crippen molar-refractivity contribution in [1.82, 2.24) is 0 Å². The van der Waals surface area contributed by atoms with Crippen LogP contribution in [-0.4, -0.2) is 22.2 Å². The summed E-state index contributed by atoms with van der Waals surface area (Å²) >= 11 is 0. The van der Waals surface area contributed by atoms with Crippen molar-refractivity contribution in [3.8, 4) is 0 Å². The Balaban J connectivity index is 2.79. The molecule has 0 aliphatic rings. The first-order chi connectivity index (χ1) is 12.5. The first kappa shape index (κ1) is 22.2. The Morgan fingerprint density at radius 2 is 1.31 bits per heavy atom. The Labute approximate surface area is 157 Å². The Kier molecular flexibility index (Phi) is 10.7. The number of benzene rings is 1. The fraction of sp³-hybridized carbons (Fsp3) is 0.636. The normalized spacial score (nSPS) is 10.8. The number of carboxylic acids is 2. The van der Waals surface area contributed by atoms with Gasteiger partial charge in [0.25, 0.3) is 0 Å². The van der Waals surface area contributed by atoms with E-state index in [1.807, 2.05) is 6.07 Å². The summed E-state index contributed by atoms with van der Waals surface area (Å²) in [5, 5.41) is 19.0. The molecule has 4 heteroatoms. The van der Waals surface area contributed by atoms with Crippen LogP contribution in [-0.2, 0) is 12.8 Å². The van der Waals surface area contributed by atoms with Crippen LogP contribution in [0, 0.1) is 0 Å². The van der Waals surface area contributed by atoms with Crippen molar-refractivity contribution in [2.45, 2.75) is 90.9 Å².